The first-order valence-corrected chi connectivity index (χ1v) is 18.7. The van der Waals surface area contributed by atoms with E-state index in [-0.39, 0.29) is 23.8 Å². The minimum absolute atomic E-state index is 0.104. The smallest absolute Gasteiger partial charge is 0.407 e. The lowest BCUT2D eigenvalue weighted by Crippen LogP contribution is -2.48. The number of likely N-dealkylation sites (tertiary alicyclic amines) is 2. The van der Waals surface area contributed by atoms with E-state index in [2.05, 4.69) is 32.4 Å². The number of anilines is 1. The summed E-state index contributed by atoms with van der Waals surface area (Å²) in [5.41, 5.74) is 11.7. The number of nitrogens with two attached hydrogens (primary N) is 1. The van der Waals surface area contributed by atoms with Gasteiger partial charge in [0.2, 0.25) is 11.8 Å². The van der Waals surface area contributed by atoms with Crippen molar-refractivity contribution in [3.63, 3.8) is 0 Å². The monoisotopic (exact) mass is 749 g/mol. The Morgan fingerprint density at radius 2 is 1.39 bits per heavy atom. The molecular weight excluding hydrogens is 707 g/mol. The molecule has 0 unspecified atom stereocenters. The Morgan fingerprint density at radius 3 is 2.05 bits per heavy atom. The van der Waals surface area contributed by atoms with Gasteiger partial charge in [-0.05, 0) is 78.8 Å². The molecule has 4 amide bonds. The van der Waals surface area contributed by atoms with Crippen molar-refractivity contribution in [2.45, 2.75) is 49.9 Å². The molecule has 7 rings (SSSR count). The normalized spacial score (nSPS) is 17.3. The highest BCUT2D eigenvalue weighted by Gasteiger charge is 2.39. The second kappa shape index (κ2) is 17.2. The van der Waals surface area contributed by atoms with E-state index in [0.29, 0.717) is 37.2 Å². The van der Waals surface area contributed by atoms with E-state index >= 15 is 0 Å². The number of aromatic nitrogens is 2. The van der Waals surface area contributed by atoms with E-state index in [0.717, 1.165) is 46.6 Å². The molecule has 5 aromatic rings. The third-order valence-electron chi connectivity index (χ3n) is 10.2. The first kappa shape index (κ1) is 37.6. The van der Waals surface area contributed by atoms with Crippen LogP contribution < -0.4 is 16.4 Å². The molecule has 12 heteroatoms. The Bertz CT molecular complexity index is 2230. The largest absolute Gasteiger partial charge is 0.453 e. The number of methoxy groups -OCH3 is 1. The van der Waals surface area contributed by atoms with E-state index in [4.69, 9.17) is 10.5 Å². The van der Waals surface area contributed by atoms with Gasteiger partial charge in [0.15, 0.2) is 0 Å². The summed E-state index contributed by atoms with van der Waals surface area (Å²) in [4.78, 5) is 63.9. The summed E-state index contributed by atoms with van der Waals surface area (Å²) in [6.45, 7) is 1.04. The highest BCUT2D eigenvalue weighted by atomic mass is 16.5. The summed E-state index contributed by atoms with van der Waals surface area (Å²) < 4.78 is 4.76. The van der Waals surface area contributed by atoms with Crippen LogP contribution in [0.15, 0.2) is 115 Å². The zero-order chi connectivity index (χ0) is 39.0. The van der Waals surface area contributed by atoms with Crippen LogP contribution in [0.5, 0.6) is 0 Å². The van der Waals surface area contributed by atoms with Crippen LogP contribution in [0.4, 0.5) is 10.5 Å². The standard InChI is InChI=1S/C44H43N7O5/c1-56-44(55)49-39(33-12-6-3-7-13-33)43(54)51-27-9-15-37(51)41(52)47-34-24-20-30(21-25-34)17-16-29-18-22-31(23-19-29)35-28-46-40(48-35)36-14-8-26-50(36)42(53)38(45)32-10-4-2-5-11-32/h2-7,10-13,18-25,28,36-39H,8-9,14-15,26-27,45H2,1H3,(H,46,48)(H,47,52)(H,49,55)/t36-,37-,38+,39+/m0/s1. The highest BCUT2D eigenvalue weighted by molar-refractivity contribution is 5.99. The molecule has 2 aliphatic rings. The Balaban J connectivity index is 0.951. The summed E-state index contributed by atoms with van der Waals surface area (Å²) >= 11 is 0. The lowest BCUT2D eigenvalue weighted by Gasteiger charge is -2.28. The van der Waals surface area contributed by atoms with Crippen molar-refractivity contribution in [3.8, 4) is 23.1 Å². The first-order chi connectivity index (χ1) is 27.3. The van der Waals surface area contributed by atoms with Crippen molar-refractivity contribution in [2.24, 2.45) is 5.73 Å². The van der Waals surface area contributed by atoms with Gasteiger partial charge in [-0.1, -0.05) is 84.6 Å². The summed E-state index contributed by atoms with van der Waals surface area (Å²) in [6, 6.07) is 30.8. The van der Waals surface area contributed by atoms with Crippen molar-refractivity contribution in [3.05, 3.63) is 143 Å². The van der Waals surface area contributed by atoms with E-state index in [1.54, 1.807) is 42.6 Å². The summed E-state index contributed by atoms with van der Waals surface area (Å²) in [5.74, 6) is 6.34. The lowest BCUT2D eigenvalue weighted by atomic mass is 10.0. The Kier molecular flexibility index (Phi) is 11.5. The maximum absolute atomic E-state index is 13.7. The van der Waals surface area contributed by atoms with Crippen molar-refractivity contribution in [2.75, 3.05) is 25.5 Å². The Morgan fingerprint density at radius 1 is 0.786 bits per heavy atom. The first-order valence-electron chi connectivity index (χ1n) is 18.7. The number of imidazole rings is 1. The molecule has 2 saturated heterocycles. The fraction of sp³-hybridized carbons (Fsp3) is 0.250. The number of alkyl carbamates (subject to hydrolysis) is 1. The minimum Gasteiger partial charge on any atom is -0.453 e. The molecule has 2 fully saturated rings. The van der Waals surface area contributed by atoms with Gasteiger partial charge in [0.1, 0.15) is 23.9 Å². The van der Waals surface area contributed by atoms with Crippen molar-refractivity contribution < 1.29 is 23.9 Å². The fourth-order valence-electron chi connectivity index (χ4n) is 7.27. The van der Waals surface area contributed by atoms with Crippen molar-refractivity contribution in [1.29, 1.82) is 0 Å². The van der Waals surface area contributed by atoms with Gasteiger partial charge in [0.25, 0.3) is 5.91 Å². The summed E-state index contributed by atoms with van der Waals surface area (Å²) in [5, 5.41) is 5.55. The van der Waals surface area contributed by atoms with E-state index in [9.17, 15) is 19.2 Å². The molecule has 5 N–H and O–H groups in total. The van der Waals surface area contributed by atoms with Crippen LogP contribution in [-0.2, 0) is 19.1 Å². The number of nitrogens with zero attached hydrogens (tertiary/aromatic N) is 3. The number of ether oxygens (including phenoxy) is 1. The van der Waals surface area contributed by atoms with Crippen LogP contribution in [0.25, 0.3) is 11.3 Å². The minimum atomic E-state index is -0.985. The maximum Gasteiger partial charge on any atom is 0.407 e. The molecule has 2 aliphatic heterocycles. The van der Waals surface area contributed by atoms with Gasteiger partial charge < -0.3 is 35.9 Å². The number of aromatic amines is 1. The quantitative estimate of drug-likeness (QED) is 0.137. The second-order valence-corrected chi connectivity index (χ2v) is 13.8. The third-order valence-corrected chi connectivity index (χ3v) is 10.2. The number of H-pyrrole nitrogens is 1. The second-order valence-electron chi connectivity index (χ2n) is 13.8. The number of carbonyl (C=O) groups is 4. The molecule has 3 heterocycles. The molecule has 1 aromatic heterocycles. The van der Waals surface area contributed by atoms with Gasteiger partial charge >= 0.3 is 6.09 Å². The molecule has 4 atom stereocenters. The number of benzene rings is 4. The number of carbonyl (C=O) groups excluding carboxylic acids is 4. The van der Waals surface area contributed by atoms with E-state index < -0.39 is 24.2 Å². The van der Waals surface area contributed by atoms with Crippen LogP contribution in [0.2, 0.25) is 0 Å². The molecule has 56 heavy (non-hydrogen) atoms. The molecular formula is C44H43N7O5. The molecule has 0 spiro atoms. The number of rotatable bonds is 9. The third kappa shape index (κ3) is 8.48. The molecule has 4 aromatic carbocycles. The average molecular weight is 750 g/mol. The van der Waals surface area contributed by atoms with Gasteiger partial charge in [-0.25, -0.2) is 9.78 Å². The Hall–Kier alpha value is -6.71. The zero-order valence-electron chi connectivity index (χ0n) is 31.0. The number of hydrogen-bond donors (Lipinski definition) is 4. The van der Waals surface area contributed by atoms with Gasteiger partial charge in [-0.3, -0.25) is 14.4 Å². The molecule has 0 saturated carbocycles. The molecule has 0 bridgehead atoms. The molecule has 12 nitrogen and oxygen atoms in total. The topological polar surface area (TPSA) is 163 Å². The number of hydrogen-bond acceptors (Lipinski definition) is 7. The lowest BCUT2D eigenvalue weighted by molar-refractivity contribution is -0.138. The number of amides is 4. The van der Waals surface area contributed by atoms with Gasteiger partial charge in [-0.15, -0.1) is 0 Å². The van der Waals surface area contributed by atoms with Crippen LogP contribution in [0, 0.1) is 11.8 Å². The summed E-state index contributed by atoms with van der Waals surface area (Å²) in [7, 11) is 1.24. The summed E-state index contributed by atoms with van der Waals surface area (Å²) in [6.07, 6.45) is 3.93. The zero-order valence-corrected chi connectivity index (χ0v) is 31.0. The average Bonchev–Trinajstić information content (AvgIpc) is 4.05. The van der Waals surface area contributed by atoms with Crippen LogP contribution in [0.1, 0.15) is 71.9 Å². The van der Waals surface area contributed by atoms with E-state index in [1.165, 1.54) is 12.0 Å². The van der Waals surface area contributed by atoms with Crippen LogP contribution in [0.3, 0.4) is 0 Å². The molecule has 0 radical (unpaired) electrons. The van der Waals surface area contributed by atoms with Crippen molar-refractivity contribution >= 4 is 29.5 Å². The fourth-order valence-corrected chi connectivity index (χ4v) is 7.27. The number of nitrogens with one attached hydrogen (secondary N) is 3. The van der Waals surface area contributed by atoms with Gasteiger partial charge in [0.05, 0.1) is 25.0 Å². The predicted octanol–water partition coefficient (Wildman–Crippen LogP) is 5.87. The SMILES string of the molecule is COC(=O)N[C@@H](C(=O)N1CCC[C@H]1C(=O)Nc1ccc(C#Cc2ccc(-c3cnc([C@@H]4CCCN4C(=O)[C@H](N)c4ccccc4)[nH]3)cc2)cc1)c1ccccc1. The van der Waals surface area contributed by atoms with Crippen LogP contribution >= 0.6 is 0 Å². The molecule has 284 valence electrons. The maximum atomic E-state index is 13.7. The molecule has 0 aliphatic carbocycles. The van der Waals surface area contributed by atoms with Crippen molar-refractivity contribution in [1.82, 2.24) is 25.1 Å². The highest BCUT2D eigenvalue weighted by Crippen LogP contribution is 2.33. The Labute approximate surface area is 325 Å². The van der Waals surface area contributed by atoms with Crippen LogP contribution in [-0.4, -0.2) is 69.8 Å². The van der Waals surface area contributed by atoms with E-state index in [1.807, 2.05) is 77.7 Å². The predicted molar refractivity (Wildman–Crippen MR) is 212 cm³/mol. The van der Waals surface area contributed by atoms with Gasteiger partial charge in [-0.2, -0.15) is 0 Å². The van der Waals surface area contributed by atoms with Gasteiger partial charge in [0, 0.05) is 29.9 Å².